The molecule has 172 valence electrons. The minimum absolute atomic E-state index is 0.0860. The van der Waals surface area contributed by atoms with E-state index < -0.39 is 4.92 Å². The molecule has 0 aliphatic rings. The summed E-state index contributed by atoms with van der Waals surface area (Å²) in [6.07, 6.45) is 0. The first-order valence-electron chi connectivity index (χ1n) is 10.9. The molecule has 0 bridgehead atoms. The molecule has 4 aromatic carbocycles. The van der Waals surface area contributed by atoms with Crippen LogP contribution in [0.3, 0.4) is 0 Å². The maximum absolute atomic E-state index is 12.9. The van der Waals surface area contributed by atoms with Crippen molar-refractivity contribution in [3.63, 3.8) is 0 Å². The average molecular weight is 456 g/mol. The average Bonchev–Trinajstić information content (AvgIpc) is 2.84. The molecule has 0 unspecified atom stereocenters. The first kappa shape index (κ1) is 22.8. The van der Waals surface area contributed by atoms with Crippen LogP contribution in [0.4, 0.5) is 11.4 Å². The predicted octanol–water partition coefficient (Wildman–Crippen LogP) is 6.29. The fourth-order valence-electron chi connectivity index (χ4n) is 3.60. The first-order chi connectivity index (χ1) is 16.4. The summed E-state index contributed by atoms with van der Waals surface area (Å²) < 4.78 is 11.7. The molecule has 1 N–H and O–H groups in total. The monoisotopic (exact) mass is 456 g/mol. The van der Waals surface area contributed by atoms with Crippen LogP contribution in [-0.4, -0.2) is 17.4 Å². The van der Waals surface area contributed by atoms with E-state index in [4.69, 9.17) is 9.47 Å². The lowest BCUT2D eigenvalue weighted by atomic mass is 10.1. The van der Waals surface area contributed by atoms with Crippen molar-refractivity contribution in [3.8, 4) is 11.5 Å². The van der Waals surface area contributed by atoms with Gasteiger partial charge in [0.15, 0.2) is 0 Å². The molecule has 0 spiro atoms. The third-order valence-electron chi connectivity index (χ3n) is 5.42. The standard InChI is InChI=1S/C27H24N2O5/c1-3-33-26-13-10-21(27(30)28-25-16-23(29(31)32)11-8-18(25)2)14-22(26)17-34-24-12-9-19-6-4-5-7-20(19)15-24/h4-16H,3,17H2,1-2H3,(H,28,30). The Morgan fingerprint density at radius 1 is 0.941 bits per heavy atom. The summed E-state index contributed by atoms with van der Waals surface area (Å²) in [7, 11) is 0. The van der Waals surface area contributed by atoms with Gasteiger partial charge in [-0.05, 0) is 60.5 Å². The highest BCUT2D eigenvalue weighted by molar-refractivity contribution is 6.05. The second kappa shape index (κ2) is 10.0. The minimum atomic E-state index is -0.492. The van der Waals surface area contributed by atoms with Crippen LogP contribution in [0.1, 0.15) is 28.4 Å². The highest BCUT2D eigenvalue weighted by Gasteiger charge is 2.15. The van der Waals surface area contributed by atoms with E-state index in [1.54, 1.807) is 31.2 Å². The van der Waals surface area contributed by atoms with E-state index in [9.17, 15) is 14.9 Å². The van der Waals surface area contributed by atoms with Gasteiger partial charge >= 0.3 is 0 Å². The molecule has 0 fully saturated rings. The Kier molecular flexibility index (Phi) is 6.73. The summed E-state index contributed by atoms with van der Waals surface area (Å²) in [5.41, 5.74) is 2.15. The summed E-state index contributed by atoms with van der Waals surface area (Å²) in [6.45, 7) is 4.35. The normalized spacial score (nSPS) is 10.6. The van der Waals surface area contributed by atoms with E-state index in [-0.39, 0.29) is 18.2 Å². The Labute approximate surface area is 197 Å². The lowest BCUT2D eigenvalue weighted by Gasteiger charge is -2.14. The van der Waals surface area contributed by atoms with Gasteiger partial charge in [-0.3, -0.25) is 14.9 Å². The smallest absolute Gasteiger partial charge is 0.271 e. The number of nitro benzene ring substituents is 1. The van der Waals surface area contributed by atoms with Gasteiger partial charge in [0.05, 0.1) is 17.2 Å². The van der Waals surface area contributed by atoms with Gasteiger partial charge in [0, 0.05) is 23.3 Å². The number of non-ortho nitro benzene ring substituents is 1. The lowest BCUT2D eigenvalue weighted by molar-refractivity contribution is -0.384. The van der Waals surface area contributed by atoms with Crippen molar-refractivity contribution in [1.82, 2.24) is 0 Å². The zero-order valence-corrected chi connectivity index (χ0v) is 18.9. The Morgan fingerprint density at radius 2 is 1.74 bits per heavy atom. The zero-order valence-electron chi connectivity index (χ0n) is 18.9. The molecule has 0 heterocycles. The van der Waals surface area contributed by atoms with E-state index in [1.165, 1.54) is 12.1 Å². The number of carbonyl (C=O) groups is 1. The third kappa shape index (κ3) is 5.15. The molecule has 7 heteroatoms. The van der Waals surface area contributed by atoms with Crippen LogP contribution in [0.2, 0.25) is 0 Å². The van der Waals surface area contributed by atoms with Crippen LogP contribution in [0.5, 0.6) is 11.5 Å². The largest absolute Gasteiger partial charge is 0.493 e. The van der Waals surface area contributed by atoms with Crippen molar-refractivity contribution >= 4 is 28.1 Å². The molecular weight excluding hydrogens is 432 g/mol. The molecule has 0 aromatic heterocycles. The number of ether oxygens (including phenoxy) is 2. The summed E-state index contributed by atoms with van der Waals surface area (Å²) >= 11 is 0. The summed E-state index contributed by atoms with van der Waals surface area (Å²) in [5, 5.41) is 16.1. The van der Waals surface area contributed by atoms with Crippen molar-refractivity contribution < 1.29 is 19.2 Å². The number of amides is 1. The van der Waals surface area contributed by atoms with Crippen molar-refractivity contribution in [3.05, 3.63) is 106 Å². The molecule has 0 saturated carbocycles. The first-order valence-corrected chi connectivity index (χ1v) is 10.9. The second-order valence-corrected chi connectivity index (χ2v) is 7.76. The molecule has 0 aliphatic heterocycles. The number of nitrogens with zero attached hydrogens (tertiary/aromatic N) is 1. The minimum Gasteiger partial charge on any atom is -0.493 e. The Morgan fingerprint density at radius 3 is 2.50 bits per heavy atom. The van der Waals surface area contributed by atoms with Gasteiger partial charge < -0.3 is 14.8 Å². The number of carbonyl (C=O) groups excluding carboxylic acids is 1. The van der Waals surface area contributed by atoms with E-state index in [0.29, 0.717) is 29.4 Å². The van der Waals surface area contributed by atoms with Crippen LogP contribution < -0.4 is 14.8 Å². The van der Waals surface area contributed by atoms with Gasteiger partial charge in [-0.15, -0.1) is 0 Å². The van der Waals surface area contributed by atoms with Crippen molar-refractivity contribution in [2.45, 2.75) is 20.5 Å². The lowest BCUT2D eigenvalue weighted by Crippen LogP contribution is -2.14. The van der Waals surface area contributed by atoms with Crippen LogP contribution in [0.25, 0.3) is 10.8 Å². The molecule has 0 aliphatic carbocycles. The highest BCUT2D eigenvalue weighted by Crippen LogP contribution is 2.27. The van der Waals surface area contributed by atoms with Gasteiger partial charge in [0.1, 0.15) is 18.1 Å². The molecule has 4 aromatic rings. The van der Waals surface area contributed by atoms with Crippen LogP contribution in [0, 0.1) is 17.0 Å². The summed E-state index contributed by atoms with van der Waals surface area (Å²) in [4.78, 5) is 23.5. The number of hydrogen-bond donors (Lipinski definition) is 1. The molecule has 1 amide bonds. The molecule has 7 nitrogen and oxygen atoms in total. The van der Waals surface area contributed by atoms with Crippen LogP contribution in [-0.2, 0) is 6.61 Å². The van der Waals surface area contributed by atoms with Crippen molar-refractivity contribution in [1.29, 1.82) is 0 Å². The number of fused-ring (bicyclic) bond motifs is 1. The number of anilines is 1. The van der Waals surface area contributed by atoms with E-state index >= 15 is 0 Å². The molecule has 4 rings (SSSR count). The van der Waals surface area contributed by atoms with Crippen molar-refractivity contribution in [2.75, 3.05) is 11.9 Å². The molecule has 0 saturated heterocycles. The van der Waals surface area contributed by atoms with Crippen LogP contribution >= 0.6 is 0 Å². The number of nitrogens with one attached hydrogen (secondary N) is 1. The zero-order chi connectivity index (χ0) is 24.1. The SMILES string of the molecule is CCOc1ccc(C(=O)Nc2cc([N+](=O)[O-])ccc2C)cc1COc1ccc2ccccc2c1. The molecular formula is C27H24N2O5. The fraction of sp³-hybridized carbons (Fsp3) is 0.148. The van der Waals surface area contributed by atoms with Gasteiger partial charge in [0.2, 0.25) is 0 Å². The number of nitro groups is 1. The van der Waals surface area contributed by atoms with Gasteiger partial charge in [0.25, 0.3) is 11.6 Å². The van der Waals surface area contributed by atoms with Crippen molar-refractivity contribution in [2.24, 2.45) is 0 Å². The third-order valence-corrected chi connectivity index (χ3v) is 5.42. The Bertz CT molecular complexity index is 1370. The Hall–Kier alpha value is -4.39. The highest BCUT2D eigenvalue weighted by atomic mass is 16.6. The molecule has 0 radical (unpaired) electrons. The van der Waals surface area contributed by atoms with E-state index in [1.807, 2.05) is 49.4 Å². The maximum atomic E-state index is 12.9. The second-order valence-electron chi connectivity index (χ2n) is 7.76. The summed E-state index contributed by atoms with van der Waals surface area (Å²) in [6, 6.07) is 23.4. The topological polar surface area (TPSA) is 90.7 Å². The molecule has 0 atom stereocenters. The number of rotatable bonds is 8. The van der Waals surface area contributed by atoms with E-state index in [2.05, 4.69) is 5.32 Å². The number of benzene rings is 4. The van der Waals surface area contributed by atoms with Gasteiger partial charge in [-0.25, -0.2) is 0 Å². The van der Waals surface area contributed by atoms with Gasteiger partial charge in [-0.1, -0.05) is 36.4 Å². The van der Waals surface area contributed by atoms with Crippen LogP contribution in [0.15, 0.2) is 78.9 Å². The summed E-state index contributed by atoms with van der Waals surface area (Å²) in [5.74, 6) is 0.966. The van der Waals surface area contributed by atoms with Gasteiger partial charge in [-0.2, -0.15) is 0 Å². The molecule has 34 heavy (non-hydrogen) atoms. The van der Waals surface area contributed by atoms with E-state index in [0.717, 1.165) is 21.9 Å². The fourth-order valence-corrected chi connectivity index (χ4v) is 3.60. The predicted molar refractivity (Wildman–Crippen MR) is 132 cm³/mol. The number of hydrogen-bond acceptors (Lipinski definition) is 5. The quantitative estimate of drug-likeness (QED) is 0.249. The Balaban J connectivity index is 1.55. The number of aryl methyl sites for hydroxylation is 1. The maximum Gasteiger partial charge on any atom is 0.271 e.